The fourth-order valence-electron chi connectivity index (χ4n) is 2.25. The summed E-state index contributed by atoms with van der Waals surface area (Å²) in [5.41, 5.74) is 2.02. The Morgan fingerprint density at radius 1 is 1.39 bits per heavy atom. The molecule has 0 unspecified atom stereocenters. The van der Waals surface area contributed by atoms with E-state index in [0.29, 0.717) is 25.2 Å². The first-order valence-corrected chi connectivity index (χ1v) is 7.55. The van der Waals surface area contributed by atoms with Crippen molar-refractivity contribution in [2.24, 2.45) is 0 Å². The lowest BCUT2D eigenvalue weighted by atomic mass is 10.0. The van der Waals surface area contributed by atoms with E-state index in [1.807, 2.05) is 18.2 Å². The molecule has 4 nitrogen and oxygen atoms in total. The van der Waals surface area contributed by atoms with Gasteiger partial charge < -0.3 is 15.4 Å². The third-order valence-corrected chi connectivity index (χ3v) is 3.41. The molecule has 1 amide bonds. The number of nitrogens with one attached hydrogen (secondary N) is 2. The Morgan fingerprint density at radius 3 is 2.96 bits per heavy atom. The fraction of sp³-hybridized carbons (Fsp3) is 0.353. The van der Waals surface area contributed by atoms with Crippen LogP contribution in [0.25, 0.3) is 0 Å². The molecule has 0 aromatic heterocycles. The van der Waals surface area contributed by atoms with Gasteiger partial charge in [0, 0.05) is 13.0 Å². The van der Waals surface area contributed by atoms with E-state index in [2.05, 4.69) is 15.4 Å². The van der Waals surface area contributed by atoms with Crippen LogP contribution in [0.2, 0.25) is 0 Å². The predicted octanol–water partition coefficient (Wildman–Crippen LogP) is 3.12. The Bertz CT molecular complexity index is 612. The molecule has 0 aliphatic carbocycles. The van der Waals surface area contributed by atoms with Crippen molar-refractivity contribution in [3.05, 3.63) is 53.4 Å². The predicted molar refractivity (Wildman–Crippen MR) is 84.0 cm³/mol. The van der Waals surface area contributed by atoms with Crippen molar-refractivity contribution < 1.29 is 18.3 Å². The number of aryl methyl sites for hydroxylation is 1. The number of ether oxygens (including phenoxy) is 1. The average Bonchev–Trinajstić information content (AvgIpc) is 2.53. The summed E-state index contributed by atoms with van der Waals surface area (Å²) >= 11 is 0. The Balaban J connectivity index is 1.92. The zero-order valence-corrected chi connectivity index (χ0v) is 12.9. The van der Waals surface area contributed by atoms with Crippen molar-refractivity contribution in [1.82, 2.24) is 10.6 Å². The molecule has 0 spiro atoms. The first-order chi connectivity index (χ1) is 11.1. The molecule has 0 fully saturated rings. The van der Waals surface area contributed by atoms with E-state index >= 15 is 0 Å². The molecule has 124 valence electrons. The van der Waals surface area contributed by atoms with E-state index < -0.39 is 6.61 Å². The highest BCUT2D eigenvalue weighted by molar-refractivity contribution is 5.77. The van der Waals surface area contributed by atoms with Crippen LogP contribution in [0.3, 0.4) is 0 Å². The van der Waals surface area contributed by atoms with Crippen molar-refractivity contribution in [2.45, 2.75) is 32.8 Å². The molecule has 23 heavy (non-hydrogen) atoms. The SMILES string of the molecule is CCC(=O)NC1=CC(CCc2cccc(OC(F)F)c2)=CCN1. The molecule has 0 saturated carbocycles. The highest BCUT2D eigenvalue weighted by atomic mass is 19.3. The van der Waals surface area contributed by atoms with Crippen LogP contribution >= 0.6 is 0 Å². The number of allylic oxidation sites excluding steroid dienone is 2. The van der Waals surface area contributed by atoms with Gasteiger partial charge in [-0.25, -0.2) is 0 Å². The second kappa shape index (κ2) is 8.31. The number of hydrogen-bond acceptors (Lipinski definition) is 3. The van der Waals surface area contributed by atoms with Crippen LogP contribution in [0, 0.1) is 0 Å². The fourth-order valence-corrected chi connectivity index (χ4v) is 2.25. The minimum atomic E-state index is -2.81. The van der Waals surface area contributed by atoms with Gasteiger partial charge in [-0.15, -0.1) is 0 Å². The molecule has 0 bridgehead atoms. The van der Waals surface area contributed by atoms with Crippen molar-refractivity contribution in [2.75, 3.05) is 6.54 Å². The summed E-state index contributed by atoms with van der Waals surface area (Å²) in [4.78, 5) is 11.4. The van der Waals surface area contributed by atoms with Crippen LogP contribution in [0.15, 0.2) is 47.8 Å². The highest BCUT2D eigenvalue weighted by Crippen LogP contribution is 2.19. The summed E-state index contributed by atoms with van der Waals surface area (Å²) in [5, 5.41) is 5.89. The van der Waals surface area contributed by atoms with Crippen LogP contribution in [0.4, 0.5) is 8.78 Å². The first-order valence-electron chi connectivity index (χ1n) is 7.55. The second-order valence-electron chi connectivity index (χ2n) is 5.15. The number of carbonyl (C=O) groups excluding carboxylic acids is 1. The maximum atomic E-state index is 12.2. The summed E-state index contributed by atoms with van der Waals surface area (Å²) < 4.78 is 28.9. The van der Waals surface area contributed by atoms with Crippen LogP contribution in [-0.4, -0.2) is 19.1 Å². The highest BCUT2D eigenvalue weighted by Gasteiger charge is 2.08. The lowest BCUT2D eigenvalue weighted by Gasteiger charge is -2.17. The topological polar surface area (TPSA) is 50.4 Å². The Kier molecular flexibility index (Phi) is 6.14. The normalized spacial score (nSPS) is 13.9. The maximum absolute atomic E-state index is 12.2. The first kappa shape index (κ1) is 17.0. The summed E-state index contributed by atoms with van der Waals surface area (Å²) in [6, 6.07) is 6.71. The minimum absolute atomic E-state index is 0.0400. The number of amides is 1. The lowest BCUT2D eigenvalue weighted by molar-refractivity contribution is -0.120. The third kappa shape index (κ3) is 5.73. The zero-order chi connectivity index (χ0) is 16.7. The number of hydrogen-bond donors (Lipinski definition) is 2. The van der Waals surface area contributed by atoms with Gasteiger partial charge in [-0.1, -0.05) is 25.1 Å². The molecule has 1 aliphatic rings. The second-order valence-corrected chi connectivity index (χ2v) is 5.15. The van der Waals surface area contributed by atoms with Gasteiger partial charge in [0.05, 0.1) is 0 Å². The van der Waals surface area contributed by atoms with Crippen LogP contribution < -0.4 is 15.4 Å². The van der Waals surface area contributed by atoms with Crippen molar-refractivity contribution in [3.8, 4) is 5.75 Å². The number of dihydropyridines is 1. The quantitative estimate of drug-likeness (QED) is 0.811. The number of benzene rings is 1. The van der Waals surface area contributed by atoms with Gasteiger partial charge in [-0.05, 0) is 42.2 Å². The van der Waals surface area contributed by atoms with Crippen LogP contribution in [-0.2, 0) is 11.2 Å². The average molecular weight is 322 g/mol. The minimum Gasteiger partial charge on any atom is -0.435 e. The van der Waals surface area contributed by atoms with E-state index in [1.54, 1.807) is 19.1 Å². The van der Waals surface area contributed by atoms with Crippen molar-refractivity contribution >= 4 is 5.91 Å². The molecule has 1 heterocycles. The van der Waals surface area contributed by atoms with Crippen molar-refractivity contribution in [3.63, 3.8) is 0 Å². The van der Waals surface area contributed by atoms with E-state index in [-0.39, 0.29) is 11.7 Å². The number of carbonyl (C=O) groups is 1. The molecule has 0 atom stereocenters. The molecule has 0 radical (unpaired) electrons. The molecule has 2 rings (SSSR count). The molecule has 1 aromatic carbocycles. The summed E-state index contributed by atoms with van der Waals surface area (Å²) in [5.74, 6) is 0.828. The number of rotatable bonds is 7. The molecular formula is C17H20F2N2O2. The van der Waals surface area contributed by atoms with Gasteiger partial charge in [0.25, 0.3) is 0 Å². The largest absolute Gasteiger partial charge is 0.435 e. The van der Waals surface area contributed by atoms with Crippen LogP contribution in [0.5, 0.6) is 5.75 Å². The van der Waals surface area contributed by atoms with Gasteiger partial charge in [-0.2, -0.15) is 8.78 Å². The maximum Gasteiger partial charge on any atom is 0.387 e. The number of halogens is 2. The van der Waals surface area contributed by atoms with E-state index in [9.17, 15) is 13.6 Å². The summed E-state index contributed by atoms with van der Waals surface area (Å²) in [6.45, 7) is -0.367. The van der Waals surface area contributed by atoms with E-state index in [0.717, 1.165) is 17.6 Å². The lowest BCUT2D eigenvalue weighted by Crippen LogP contribution is -2.32. The molecule has 6 heteroatoms. The van der Waals surface area contributed by atoms with Crippen LogP contribution in [0.1, 0.15) is 25.3 Å². The smallest absolute Gasteiger partial charge is 0.387 e. The monoisotopic (exact) mass is 322 g/mol. The molecular weight excluding hydrogens is 302 g/mol. The molecule has 1 aromatic rings. The summed E-state index contributed by atoms with van der Waals surface area (Å²) in [7, 11) is 0. The zero-order valence-electron chi connectivity index (χ0n) is 12.9. The Morgan fingerprint density at radius 2 is 2.22 bits per heavy atom. The number of alkyl halides is 2. The Hall–Kier alpha value is -2.37. The van der Waals surface area contributed by atoms with Gasteiger partial charge in [0.2, 0.25) is 5.91 Å². The van der Waals surface area contributed by atoms with E-state index in [4.69, 9.17) is 0 Å². The van der Waals surface area contributed by atoms with Gasteiger partial charge >= 0.3 is 6.61 Å². The molecule has 2 N–H and O–H groups in total. The van der Waals surface area contributed by atoms with Gasteiger partial charge in [0.15, 0.2) is 0 Å². The summed E-state index contributed by atoms with van der Waals surface area (Å²) in [6.07, 6.45) is 5.83. The molecule has 0 saturated heterocycles. The Labute approximate surface area is 134 Å². The third-order valence-electron chi connectivity index (χ3n) is 3.41. The van der Waals surface area contributed by atoms with Gasteiger partial charge in [0.1, 0.15) is 11.6 Å². The van der Waals surface area contributed by atoms with Crippen molar-refractivity contribution in [1.29, 1.82) is 0 Å². The standard InChI is InChI=1S/C17H20F2N2O2/c1-2-16(22)21-15-11-13(8-9-20-15)7-6-12-4-3-5-14(10-12)23-17(18)19/h3-5,8,10-11,17,20H,2,6-7,9H2,1H3,(H,21,22). The van der Waals surface area contributed by atoms with E-state index in [1.165, 1.54) is 6.07 Å². The van der Waals surface area contributed by atoms with Gasteiger partial charge in [-0.3, -0.25) is 4.79 Å². The molecule has 1 aliphatic heterocycles.